The first-order chi connectivity index (χ1) is 11.9. The largest absolute Gasteiger partial charge is 0.491 e. The molecule has 0 aromatic heterocycles. The van der Waals surface area contributed by atoms with E-state index < -0.39 is 6.10 Å². The third kappa shape index (κ3) is 7.28. The average Bonchev–Trinajstić information content (AvgIpc) is 2.55. The van der Waals surface area contributed by atoms with Crippen molar-refractivity contribution in [3.63, 3.8) is 0 Å². The summed E-state index contributed by atoms with van der Waals surface area (Å²) in [6.07, 6.45) is -0.531. The molecule has 0 spiro atoms. The Labute approximate surface area is 173 Å². The van der Waals surface area contributed by atoms with Gasteiger partial charge in [0.15, 0.2) is 5.96 Å². The van der Waals surface area contributed by atoms with Crippen LogP contribution in [0, 0.1) is 5.41 Å². The zero-order valence-electron chi connectivity index (χ0n) is 16.1. The molecule has 1 fully saturated rings. The first-order valence-corrected chi connectivity index (χ1v) is 8.96. The van der Waals surface area contributed by atoms with Crippen LogP contribution in [0.15, 0.2) is 29.3 Å². The maximum absolute atomic E-state index is 10.5. The van der Waals surface area contributed by atoms with E-state index in [2.05, 4.69) is 22.5 Å². The van der Waals surface area contributed by atoms with Crippen LogP contribution < -0.4 is 15.4 Å². The van der Waals surface area contributed by atoms with Crippen LogP contribution in [0.4, 0.5) is 0 Å². The van der Waals surface area contributed by atoms with Gasteiger partial charge in [-0.2, -0.15) is 0 Å². The van der Waals surface area contributed by atoms with Gasteiger partial charge in [-0.05, 0) is 38.5 Å². The quantitative estimate of drug-likeness (QED) is 0.305. The molecule has 0 aliphatic carbocycles. The second-order valence-electron chi connectivity index (χ2n) is 7.13. The number of nitrogens with zero attached hydrogens (tertiary/aromatic N) is 1. The van der Waals surface area contributed by atoms with Crippen LogP contribution in [0.2, 0.25) is 0 Å². The Morgan fingerprint density at radius 2 is 2.08 bits per heavy atom. The summed E-state index contributed by atoms with van der Waals surface area (Å²) in [5.41, 5.74) is 0.949. The van der Waals surface area contributed by atoms with Gasteiger partial charge < -0.3 is 25.2 Å². The maximum atomic E-state index is 10.5. The zero-order valence-corrected chi connectivity index (χ0v) is 18.4. The fourth-order valence-electron chi connectivity index (χ4n) is 2.53. The highest BCUT2D eigenvalue weighted by atomic mass is 127. The molecular weight excluding hydrogens is 445 g/mol. The number of halogens is 1. The Morgan fingerprint density at radius 1 is 1.35 bits per heavy atom. The lowest BCUT2D eigenvalue weighted by atomic mass is 9.89. The van der Waals surface area contributed by atoms with E-state index in [1.165, 1.54) is 0 Å². The highest BCUT2D eigenvalue weighted by Gasteiger charge is 2.33. The van der Waals surface area contributed by atoms with Gasteiger partial charge in [0, 0.05) is 18.5 Å². The van der Waals surface area contributed by atoms with Gasteiger partial charge >= 0.3 is 0 Å². The standard InChI is InChI=1S/C19H31N3O3.HI/c1-5-20-18(22-11-19(4)12-24-13-19)21-10-17(23)15-7-6-8-16(9-15)25-14(2)3;/h6-9,14,17,23H,5,10-13H2,1-4H3,(H2,20,21,22);1H. The second-order valence-corrected chi connectivity index (χ2v) is 7.13. The van der Waals surface area contributed by atoms with E-state index in [0.29, 0.717) is 19.0 Å². The Hall–Kier alpha value is -1.06. The summed E-state index contributed by atoms with van der Waals surface area (Å²) in [7, 11) is 0. The van der Waals surface area contributed by atoms with Gasteiger partial charge in [-0.25, -0.2) is 0 Å². The van der Waals surface area contributed by atoms with E-state index in [0.717, 1.165) is 31.1 Å². The van der Waals surface area contributed by atoms with Crippen molar-refractivity contribution in [1.29, 1.82) is 0 Å². The van der Waals surface area contributed by atoms with Crippen molar-refractivity contribution in [3.05, 3.63) is 29.8 Å². The van der Waals surface area contributed by atoms with Crippen LogP contribution in [0.25, 0.3) is 0 Å². The Balaban J connectivity index is 0.00000338. The molecule has 3 N–H and O–H groups in total. The lowest BCUT2D eigenvalue weighted by Gasteiger charge is -2.36. The Kier molecular flexibility index (Phi) is 9.67. The number of hydrogen-bond donors (Lipinski definition) is 3. The number of hydrogen-bond acceptors (Lipinski definition) is 4. The molecule has 2 rings (SSSR count). The van der Waals surface area contributed by atoms with Crippen molar-refractivity contribution in [1.82, 2.24) is 10.6 Å². The normalized spacial score (nSPS) is 17.1. The van der Waals surface area contributed by atoms with Crippen molar-refractivity contribution in [2.45, 2.75) is 39.9 Å². The van der Waals surface area contributed by atoms with E-state index in [1.807, 2.05) is 45.0 Å². The van der Waals surface area contributed by atoms with Crippen LogP contribution in [0.5, 0.6) is 5.75 Å². The van der Waals surface area contributed by atoms with E-state index in [4.69, 9.17) is 9.47 Å². The lowest BCUT2D eigenvalue weighted by molar-refractivity contribution is -0.0945. The van der Waals surface area contributed by atoms with Crippen molar-refractivity contribution in [2.75, 3.05) is 32.8 Å². The molecule has 1 aromatic carbocycles. The SMILES string of the molecule is CCNC(=NCC1(C)COC1)NCC(O)c1cccc(OC(C)C)c1.I. The number of benzene rings is 1. The summed E-state index contributed by atoms with van der Waals surface area (Å²) in [4.78, 5) is 4.61. The fraction of sp³-hybridized carbons (Fsp3) is 0.632. The van der Waals surface area contributed by atoms with E-state index in [1.54, 1.807) is 0 Å². The summed E-state index contributed by atoms with van der Waals surface area (Å²) in [5, 5.41) is 16.9. The minimum absolute atomic E-state index is 0. The van der Waals surface area contributed by atoms with E-state index >= 15 is 0 Å². The molecule has 1 heterocycles. The molecule has 0 saturated carbocycles. The molecule has 0 amide bonds. The number of nitrogens with one attached hydrogen (secondary N) is 2. The number of aliphatic imine (C=N–C) groups is 1. The highest BCUT2D eigenvalue weighted by molar-refractivity contribution is 14.0. The molecular formula is C19H32IN3O3. The van der Waals surface area contributed by atoms with Gasteiger partial charge in [-0.1, -0.05) is 19.1 Å². The molecule has 0 radical (unpaired) electrons. The van der Waals surface area contributed by atoms with Gasteiger partial charge in [-0.3, -0.25) is 4.99 Å². The van der Waals surface area contributed by atoms with Gasteiger partial charge in [-0.15, -0.1) is 24.0 Å². The molecule has 6 nitrogen and oxygen atoms in total. The Morgan fingerprint density at radius 3 is 2.65 bits per heavy atom. The van der Waals surface area contributed by atoms with Crippen LogP contribution in [0.3, 0.4) is 0 Å². The predicted octanol–water partition coefficient (Wildman–Crippen LogP) is 2.72. The molecule has 1 unspecified atom stereocenters. The van der Waals surface area contributed by atoms with Crippen LogP contribution in [-0.4, -0.2) is 50.0 Å². The average molecular weight is 477 g/mol. The molecule has 0 bridgehead atoms. The van der Waals surface area contributed by atoms with Crippen molar-refractivity contribution in [2.24, 2.45) is 10.4 Å². The second kappa shape index (κ2) is 10.9. The number of aliphatic hydroxyl groups is 1. The number of ether oxygens (including phenoxy) is 2. The molecule has 148 valence electrons. The zero-order chi connectivity index (χ0) is 18.3. The molecule has 7 heteroatoms. The minimum atomic E-state index is -0.637. The first-order valence-electron chi connectivity index (χ1n) is 8.96. The van der Waals surface area contributed by atoms with Gasteiger partial charge in [0.2, 0.25) is 0 Å². The van der Waals surface area contributed by atoms with Crippen LogP contribution in [0.1, 0.15) is 39.4 Å². The molecule has 1 aromatic rings. The molecule has 1 aliphatic heterocycles. The summed E-state index contributed by atoms with van der Waals surface area (Å²) >= 11 is 0. The predicted molar refractivity (Wildman–Crippen MR) is 115 cm³/mol. The smallest absolute Gasteiger partial charge is 0.191 e. The summed E-state index contributed by atoms with van der Waals surface area (Å²) in [5.74, 6) is 1.48. The first kappa shape index (κ1) is 23.0. The van der Waals surface area contributed by atoms with Gasteiger partial charge in [0.25, 0.3) is 0 Å². The van der Waals surface area contributed by atoms with Crippen LogP contribution >= 0.6 is 24.0 Å². The van der Waals surface area contributed by atoms with E-state index in [-0.39, 0.29) is 35.5 Å². The number of guanidine groups is 1. The molecule has 1 aliphatic rings. The summed E-state index contributed by atoms with van der Waals surface area (Å²) in [6, 6.07) is 7.57. The van der Waals surface area contributed by atoms with Crippen molar-refractivity contribution in [3.8, 4) is 5.75 Å². The number of aliphatic hydroxyl groups excluding tert-OH is 1. The monoisotopic (exact) mass is 477 g/mol. The third-order valence-corrected chi connectivity index (χ3v) is 3.94. The van der Waals surface area contributed by atoms with Gasteiger partial charge in [0.1, 0.15) is 5.75 Å². The molecule has 1 saturated heterocycles. The van der Waals surface area contributed by atoms with Crippen LogP contribution in [-0.2, 0) is 4.74 Å². The molecule has 1 atom stereocenters. The maximum Gasteiger partial charge on any atom is 0.191 e. The minimum Gasteiger partial charge on any atom is -0.491 e. The Bertz CT molecular complexity index is 577. The van der Waals surface area contributed by atoms with Crippen molar-refractivity contribution >= 4 is 29.9 Å². The lowest BCUT2D eigenvalue weighted by Crippen LogP contribution is -2.45. The molecule has 26 heavy (non-hydrogen) atoms. The highest BCUT2D eigenvalue weighted by Crippen LogP contribution is 2.26. The topological polar surface area (TPSA) is 75.1 Å². The summed E-state index contributed by atoms with van der Waals surface area (Å²) < 4.78 is 10.9. The van der Waals surface area contributed by atoms with Crippen molar-refractivity contribution < 1.29 is 14.6 Å². The third-order valence-electron chi connectivity index (χ3n) is 3.94. The van der Waals surface area contributed by atoms with Gasteiger partial charge in [0.05, 0.1) is 32.0 Å². The fourth-order valence-corrected chi connectivity index (χ4v) is 2.53. The van der Waals surface area contributed by atoms with E-state index in [9.17, 15) is 5.11 Å². The number of rotatable bonds is 8. The summed E-state index contributed by atoms with van der Waals surface area (Å²) in [6.45, 7) is 11.5.